The Morgan fingerprint density at radius 3 is 2.53 bits per heavy atom. The first-order valence-electron chi connectivity index (χ1n) is 4.04. The van der Waals surface area contributed by atoms with E-state index in [2.05, 4.69) is 5.10 Å². The van der Waals surface area contributed by atoms with Crippen LogP contribution in [0.5, 0.6) is 0 Å². The minimum Gasteiger partial charge on any atom is -0.298 e. The lowest BCUT2D eigenvalue weighted by molar-refractivity contribution is -0.144. The molecule has 1 rings (SSSR count). The van der Waals surface area contributed by atoms with Gasteiger partial charge in [-0.1, -0.05) is 0 Å². The topological polar surface area (TPSA) is 34.9 Å². The highest BCUT2D eigenvalue weighted by Crippen LogP contribution is 2.29. The van der Waals surface area contributed by atoms with E-state index in [1.165, 1.54) is 0 Å². The van der Waals surface area contributed by atoms with Crippen molar-refractivity contribution in [1.82, 2.24) is 9.78 Å². The molecule has 7 heteroatoms. The third-order valence-electron chi connectivity index (χ3n) is 1.63. The van der Waals surface area contributed by atoms with Gasteiger partial charge in [0.25, 0.3) is 0 Å². The zero-order valence-corrected chi connectivity index (χ0v) is 7.81. The molecule has 0 aliphatic rings. The van der Waals surface area contributed by atoms with Gasteiger partial charge >= 0.3 is 6.18 Å². The molecule has 0 amide bonds. The molecule has 1 heterocycles. The number of nitrogens with zero attached hydrogens (tertiary/aromatic N) is 2. The second-order valence-corrected chi connectivity index (χ2v) is 3.01. The van der Waals surface area contributed by atoms with E-state index in [1.807, 2.05) is 0 Å². The molecule has 84 valence electrons. The van der Waals surface area contributed by atoms with Crippen molar-refractivity contribution in [3.8, 4) is 0 Å². The molecule has 3 nitrogen and oxygen atoms in total. The van der Waals surface area contributed by atoms with Gasteiger partial charge in [-0.25, -0.2) is 4.39 Å². The monoisotopic (exact) mass is 224 g/mol. The molecule has 0 atom stereocenters. The summed E-state index contributed by atoms with van der Waals surface area (Å²) >= 11 is 0. The Kier molecular flexibility index (Phi) is 3.11. The molecular weight excluding hydrogens is 216 g/mol. The summed E-state index contributed by atoms with van der Waals surface area (Å²) in [5, 5.41) is 3.34. The van der Waals surface area contributed by atoms with Gasteiger partial charge in [-0.05, 0) is 13.0 Å². The molecule has 0 saturated carbocycles. The van der Waals surface area contributed by atoms with E-state index >= 15 is 0 Å². The highest BCUT2D eigenvalue weighted by atomic mass is 19.4. The Balaban J connectivity index is 3.12. The number of halogens is 4. The maximum Gasteiger partial charge on any atom is 0.433 e. The Bertz CT molecular complexity index is 369. The van der Waals surface area contributed by atoms with E-state index in [0.717, 1.165) is 6.92 Å². The molecule has 0 N–H and O–H groups in total. The van der Waals surface area contributed by atoms with Crippen LogP contribution in [-0.4, -0.2) is 15.6 Å². The maximum absolute atomic E-state index is 12.4. The second kappa shape index (κ2) is 4.00. The van der Waals surface area contributed by atoms with Gasteiger partial charge < -0.3 is 0 Å². The molecule has 0 aliphatic heterocycles. The van der Waals surface area contributed by atoms with Crippen molar-refractivity contribution >= 4 is 5.78 Å². The number of hydrogen-bond acceptors (Lipinski definition) is 2. The number of hydrogen-bond donors (Lipinski definition) is 0. The molecule has 0 spiro atoms. The zero-order chi connectivity index (χ0) is 11.6. The van der Waals surface area contributed by atoms with Crippen LogP contribution in [-0.2, 0) is 24.2 Å². The minimum atomic E-state index is -4.63. The van der Waals surface area contributed by atoms with Crippen LogP contribution in [0.25, 0.3) is 0 Å². The van der Waals surface area contributed by atoms with E-state index in [9.17, 15) is 22.4 Å². The van der Waals surface area contributed by atoms with Gasteiger partial charge in [-0.2, -0.15) is 18.3 Å². The van der Waals surface area contributed by atoms with Crippen molar-refractivity contribution in [3.05, 3.63) is 17.5 Å². The molecule has 0 saturated heterocycles. The first-order chi connectivity index (χ1) is 6.84. The predicted molar refractivity (Wildman–Crippen MR) is 42.7 cm³/mol. The second-order valence-electron chi connectivity index (χ2n) is 3.01. The normalized spacial score (nSPS) is 11.8. The Hall–Kier alpha value is -1.40. The number of Topliss-reactive ketones (excluding diaryl/α,β-unsaturated/α-hetero) is 1. The number of alkyl halides is 4. The summed E-state index contributed by atoms with van der Waals surface area (Å²) in [6.07, 6.45) is -4.63. The third-order valence-corrected chi connectivity index (χ3v) is 1.63. The first-order valence-corrected chi connectivity index (χ1v) is 4.04. The molecular formula is C8H8F4N2O. The van der Waals surface area contributed by atoms with Crippen LogP contribution in [0.4, 0.5) is 17.6 Å². The predicted octanol–water partition coefficient (Wildman–Crippen LogP) is 1.96. The van der Waals surface area contributed by atoms with E-state index in [4.69, 9.17) is 0 Å². The van der Waals surface area contributed by atoms with E-state index in [0.29, 0.717) is 10.7 Å². The molecule has 0 bridgehead atoms. The molecule has 0 aromatic carbocycles. The van der Waals surface area contributed by atoms with Gasteiger partial charge in [0.2, 0.25) is 0 Å². The fourth-order valence-corrected chi connectivity index (χ4v) is 1.10. The van der Waals surface area contributed by atoms with Crippen molar-refractivity contribution < 1.29 is 22.4 Å². The molecule has 0 aliphatic carbocycles. The van der Waals surface area contributed by atoms with Crippen molar-refractivity contribution in [2.45, 2.75) is 26.3 Å². The molecule has 0 unspecified atom stereocenters. The SMILES string of the molecule is CC(=O)Cn1nc(CF)cc1C(F)(F)F. The lowest BCUT2D eigenvalue weighted by Crippen LogP contribution is -2.17. The smallest absolute Gasteiger partial charge is 0.298 e. The molecule has 15 heavy (non-hydrogen) atoms. The van der Waals surface area contributed by atoms with E-state index < -0.39 is 30.9 Å². The minimum absolute atomic E-state index is 0.330. The summed E-state index contributed by atoms with van der Waals surface area (Å²) in [6.45, 7) is -0.459. The van der Waals surface area contributed by atoms with Gasteiger partial charge in [0.1, 0.15) is 12.4 Å². The Morgan fingerprint density at radius 1 is 1.53 bits per heavy atom. The quantitative estimate of drug-likeness (QED) is 0.735. The van der Waals surface area contributed by atoms with Gasteiger partial charge in [0.15, 0.2) is 5.78 Å². The Labute approximate surface area is 82.7 Å². The standard InChI is InChI=1S/C8H8F4N2O/c1-5(15)4-14-7(8(10,11)12)2-6(3-9)13-14/h2H,3-4H2,1H3. The van der Waals surface area contributed by atoms with Crippen LogP contribution in [0, 0.1) is 0 Å². The fourth-order valence-electron chi connectivity index (χ4n) is 1.10. The average Bonchev–Trinajstić information content (AvgIpc) is 2.45. The summed E-state index contributed by atoms with van der Waals surface area (Å²) in [5.41, 5.74) is -1.44. The summed E-state index contributed by atoms with van der Waals surface area (Å²) in [7, 11) is 0. The lowest BCUT2D eigenvalue weighted by Gasteiger charge is -2.07. The number of ketones is 1. The fraction of sp³-hybridized carbons (Fsp3) is 0.500. The van der Waals surface area contributed by atoms with Crippen molar-refractivity contribution in [2.24, 2.45) is 0 Å². The lowest BCUT2D eigenvalue weighted by atomic mass is 10.3. The molecule has 1 aromatic rings. The largest absolute Gasteiger partial charge is 0.433 e. The van der Waals surface area contributed by atoms with Crippen LogP contribution in [0.15, 0.2) is 6.07 Å². The van der Waals surface area contributed by atoms with Crippen molar-refractivity contribution in [1.29, 1.82) is 0 Å². The highest BCUT2D eigenvalue weighted by Gasteiger charge is 2.35. The van der Waals surface area contributed by atoms with Crippen LogP contribution in [0.3, 0.4) is 0 Å². The Morgan fingerprint density at radius 2 is 2.13 bits per heavy atom. The summed E-state index contributed by atoms with van der Waals surface area (Å²) < 4.78 is 49.6. The van der Waals surface area contributed by atoms with E-state index in [-0.39, 0.29) is 5.69 Å². The van der Waals surface area contributed by atoms with Crippen molar-refractivity contribution in [3.63, 3.8) is 0 Å². The van der Waals surface area contributed by atoms with Crippen LogP contribution >= 0.6 is 0 Å². The number of rotatable bonds is 3. The number of carbonyl (C=O) groups excluding carboxylic acids is 1. The first kappa shape index (κ1) is 11.7. The maximum atomic E-state index is 12.4. The zero-order valence-electron chi connectivity index (χ0n) is 7.81. The summed E-state index contributed by atoms with van der Waals surface area (Å²) in [6, 6.07) is 0.600. The molecule has 0 fully saturated rings. The highest BCUT2D eigenvalue weighted by molar-refractivity contribution is 5.75. The van der Waals surface area contributed by atoms with Crippen LogP contribution in [0.1, 0.15) is 18.3 Å². The summed E-state index contributed by atoms with van der Waals surface area (Å²) in [5.74, 6) is -0.478. The number of aromatic nitrogens is 2. The average molecular weight is 224 g/mol. The van der Waals surface area contributed by atoms with Gasteiger partial charge in [-0.15, -0.1) is 0 Å². The van der Waals surface area contributed by atoms with Gasteiger partial charge in [-0.3, -0.25) is 9.48 Å². The third kappa shape index (κ3) is 2.77. The van der Waals surface area contributed by atoms with E-state index in [1.54, 1.807) is 0 Å². The van der Waals surface area contributed by atoms with Crippen molar-refractivity contribution in [2.75, 3.05) is 0 Å². The van der Waals surface area contributed by atoms with Gasteiger partial charge in [0.05, 0.1) is 12.2 Å². The van der Waals surface area contributed by atoms with Gasteiger partial charge in [0, 0.05) is 0 Å². The number of carbonyl (C=O) groups is 1. The van der Waals surface area contributed by atoms with Crippen LogP contribution in [0.2, 0.25) is 0 Å². The van der Waals surface area contributed by atoms with Crippen LogP contribution < -0.4 is 0 Å². The molecule has 1 aromatic heterocycles. The molecule has 0 radical (unpaired) electrons. The summed E-state index contributed by atoms with van der Waals surface area (Å²) in [4.78, 5) is 10.7.